The van der Waals surface area contributed by atoms with Crippen molar-refractivity contribution in [3.05, 3.63) is 77.6 Å². The topological polar surface area (TPSA) is 77.1 Å². The summed E-state index contributed by atoms with van der Waals surface area (Å²) >= 11 is 0. The SMILES string of the molecule is COC[C@@H]1N=C(c2c(-c3ccccc3)noc2[C@@H](C)O)O[C@H]1c1ccccc1. The number of hydrogen-bond donors (Lipinski definition) is 1. The van der Waals surface area contributed by atoms with E-state index in [-0.39, 0.29) is 12.1 Å². The molecule has 0 spiro atoms. The molecule has 0 fully saturated rings. The van der Waals surface area contributed by atoms with Gasteiger partial charge in [0.25, 0.3) is 0 Å². The van der Waals surface area contributed by atoms with E-state index in [9.17, 15) is 5.11 Å². The van der Waals surface area contributed by atoms with E-state index in [4.69, 9.17) is 19.0 Å². The van der Waals surface area contributed by atoms with E-state index in [1.807, 2.05) is 60.7 Å². The first kappa shape index (κ1) is 18.4. The largest absolute Gasteiger partial charge is 0.467 e. The number of hydrogen-bond acceptors (Lipinski definition) is 6. The predicted octanol–water partition coefficient (Wildman–Crippen LogP) is 3.93. The number of aliphatic hydroxyl groups is 1. The standard InChI is InChI=1S/C22H22N2O4/c1-14(25)20-18(19(24-28-20)15-9-5-3-6-10-15)22-23-17(13-26-2)21(27-22)16-11-7-4-8-12-16/h3-12,14,17,21,25H,13H2,1-2H3/t14-,17+,21+/m1/s1. The van der Waals surface area contributed by atoms with Gasteiger partial charge in [0.2, 0.25) is 5.90 Å². The zero-order valence-electron chi connectivity index (χ0n) is 15.8. The van der Waals surface area contributed by atoms with Crippen LogP contribution in [0.4, 0.5) is 0 Å². The Balaban J connectivity index is 1.78. The molecule has 3 aromatic rings. The van der Waals surface area contributed by atoms with E-state index in [0.29, 0.717) is 29.5 Å². The minimum Gasteiger partial charge on any atom is -0.467 e. The van der Waals surface area contributed by atoms with Gasteiger partial charge in [0.15, 0.2) is 11.9 Å². The number of rotatable bonds is 6. The fourth-order valence-electron chi connectivity index (χ4n) is 3.39. The highest BCUT2D eigenvalue weighted by Crippen LogP contribution is 2.36. The summed E-state index contributed by atoms with van der Waals surface area (Å²) in [6.45, 7) is 2.05. The molecule has 0 bridgehead atoms. The van der Waals surface area contributed by atoms with Crippen LogP contribution >= 0.6 is 0 Å². The molecule has 1 N–H and O–H groups in total. The Morgan fingerprint density at radius 1 is 1.07 bits per heavy atom. The lowest BCUT2D eigenvalue weighted by molar-refractivity contribution is 0.120. The Morgan fingerprint density at radius 2 is 1.75 bits per heavy atom. The van der Waals surface area contributed by atoms with Gasteiger partial charge in [-0.2, -0.15) is 0 Å². The molecule has 1 aromatic heterocycles. The van der Waals surface area contributed by atoms with E-state index < -0.39 is 6.10 Å². The minimum absolute atomic E-state index is 0.206. The zero-order valence-corrected chi connectivity index (χ0v) is 15.8. The molecule has 0 amide bonds. The Bertz CT molecular complexity index is 951. The molecule has 3 atom stereocenters. The van der Waals surface area contributed by atoms with Gasteiger partial charge in [0, 0.05) is 12.7 Å². The van der Waals surface area contributed by atoms with Gasteiger partial charge in [-0.15, -0.1) is 0 Å². The maximum atomic E-state index is 10.2. The average molecular weight is 378 g/mol. The van der Waals surface area contributed by atoms with E-state index in [2.05, 4.69) is 5.16 Å². The molecule has 1 aliphatic heterocycles. The van der Waals surface area contributed by atoms with Crippen molar-refractivity contribution in [1.82, 2.24) is 5.16 Å². The van der Waals surface area contributed by atoms with Crippen LogP contribution in [0, 0.1) is 0 Å². The number of aromatic nitrogens is 1. The van der Waals surface area contributed by atoms with Crippen LogP contribution in [0.1, 0.15) is 36.0 Å². The van der Waals surface area contributed by atoms with Gasteiger partial charge in [-0.05, 0) is 12.5 Å². The van der Waals surface area contributed by atoms with Gasteiger partial charge in [0.05, 0.1) is 6.61 Å². The van der Waals surface area contributed by atoms with Crippen LogP contribution in [0.2, 0.25) is 0 Å². The van der Waals surface area contributed by atoms with Crippen molar-refractivity contribution in [1.29, 1.82) is 0 Å². The molecule has 0 saturated heterocycles. The smallest absolute Gasteiger partial charge is 0.223 e. The summed E-state index contributed by atoms with van der Waals surface area (Å²) in [5.74, 6) is 0.745. The van der Waals surface area contributed by atoms with Crippen molar-refractivity contribution in [2.45, 2.75) is 25.2 Å². The van der Waals surface area contributed by atoms with Crippen molar-refractivity contribution in [2.75, 3.05) is 13.7 Å². The summed E-state index contributed by atoms with van der Waals surface area (Å²) in [4.78, 5) is 4.77. The second-order valence-electron chi connectivity index (χ2n) is 6.72. The molecule has 28 heavy (non-hydrogen) atoms. The Morgan fingerprint density at radius 3 is 2.39 bits per heavy atom. The quantitative estimate of drug-likeness (QED) is 0.703. The molecule has 2 heterocycles. The molecule has 2 aromatic carbocycles. The maximum Gasteiger partial charge on any atom is 0.223 e. The number of nitrogens with zero attached hydrogens (tertiary/aromatic N) is 2. The molecule has 4 rings (SSSR count). The fraction of sp³-hybridized carbons (Fsp3) is 0.273. The first-order valence-electron chi connectivity index (χ1n) is 9.20. The Labute approximate surface area is 163 Å². The lowest BCUT2D eigenvalue weighted by Gasteiger charge is -2.17. The summed E-state index contributed by atoms with van der Waals surface area (Å²) in [7, 11) is 1.64. The third-order valence-electron chi connectivity index (χ3n) is 4.70. The molecular formula is C22H22N2O4. The summed E-state index contributed by atoms with van der Waals surface area (Å²) in [5, 5.41) is 14.4. The van der Waals surface area contributed by atoms with Crippen LogP contribution in [-0.2, 0) is 9.47 Å². The highest BCUT2D eigenvalue weighted by Gasteiger charge is 2.37. The molecule has 144 valence electrons. The van der Waals surface area contributed by atoms with Gasteiger partial charge in [0.1, 0.15) is 23.4 Å². The lowest BCUT2D eigenvalue weighted by atomic mass is 10.0. The molecule has 0 aliphatic carbocycles. The summed E-state index contributed by atoms with van der Waals surface area (Å²) < 4.78 is 17.1. The minimum atomic E-state index is -0.845. The van der Waals surface area contributed by atoms with Gasteiger partial charge in [-0.1, -0.05) is 65.8 Å². The van der Waals surface area contributed by atoms with Crippen molar-refractivity contribution >= 4 is 5.90 Å². The second kappa shape index (κ2) is 7.96. The molecule has 0 radical (unpaired) electrons. The first-order chi connectivity index (χ1) is 13.7. The summed E-state index contributed by atoms with van der Waals surface area (Å²) in [6, 6.07) is 19.4. The van der Waals surface area contributed by atoms with E-state index in [1.165, 1.54) is 0 Å². The van der Waals surface area contributed by atoms with Crippen LogP contribution < -0.4 is 0 Å². The van der Waals surface area contributed by atoms with Crippen molar-refractivity contribution < 1.29 is 19.1 Å². The van der Waals surface area contributed by atoms with E-state index in [1.54, 1.807) is 14.0 Å². The normalized spacial score (nSPS) is 19.9. The number of benzene rings is 2. The Kier molecular flexibility index (Phi) is 5.23. The number of ether oxygens (including phenoxy) is 2. The summed E-state index contributed by atoms with van der Waals surface area (Å²) in [6.07, 6.45) is -1.13. The monoisotopic (exact) mass is 378 g/mol. The third-order valence-corrected chi connectivity index (χ3v) is 4.70. The third kappa shape index (κ3) is 3.44. The maximum absolute atomic E-state index is 10.2. The Hall–Kier alpha value is -2.96. The van der Waals surface area contributed by atoms with Gasteiger partial charge in [-0.25, -0.2) is 4.99 Å². The molecule has 0 saturated carbocycles. The number of aliphatic hydroxyl groups excluding tert-OH is 1. The van der Waals surface area contributed by atoms with Crippen LogP contribution in [-0.4, -0.2) is 35.9 Å². The zero-order chi connectivity index (χ0) is 19.5. The number of aliphatic imine (C=N–C) groups is 1. The molecular weight excluding hydrogens is 356 g/mol. The van der Waals surface area contributed by atoms with Gasteiger partial charge >= 0.3 is 0 Å². The average Bonchev–Trinajstić information content (AvgIpc) is 3.34. The lowest BCUT2D eigenvalue weighted by Crippen LogP contribution is -2.19. The predicted molar refractivity (Wildman–Crippen MR) is 105 cm³/mol. The van der Waals surface area contributed by atoms with Crippen LogP contribution in [0.5, 0.6) is 0 Å². The molecule has 6 nitrogen and oxygen atoms in total. The highest BCUT2D eigenvalue weighted by molar-refractivity contribution is 6.02. The van der Waals surface area contributed by atoms with Crippen LogP contribution in [0.3, 0.4) is 0 Å². The van der Waals surface area contributed by atoms with Crippen molar-refractivity contribution in [3.8, 4) is 11.3 Å². The van der Waals surface area contributed by atoms with Crippen LogP contribution in [0.15, 0.2) is 70.2 Å². The first-order valence-corrected chi connectivity index (χ1v) is 9.20. The van der Waals surface area contributed by atoms with E-state index in [0.717, 1.165) is 11.1 Å². The molecule has 1 aliphatic rings. The highest BCUT2D eigenvalue weighted by atomic mass is 16.5. The molecule has 0 unspecified atom stereocenters. The second-order valence-corrected chi connectivity index (χ2v) is 6.72. The molecule has 6 heteroatoms. The van der Waals surface area contributed by atoms with Gasteiger partial charge < -0.3 is 19.1 Å². The van der Waals surface area contributed by atoms with Gasteiger partial charge in [-0.3, -0.25) is 0 Å². The van der Waals surface area contributed by atoms with Crippen LogP contribution in [0.25, 0.3) is 11.3 Å². The fourth-order valence-corrected chi connectivity index (χ4v) is 3.39. The summed E-state index contributed by atoms with van der Waals surface area (Å²) in [5.41, 5.74) is 3.06. The van der Waals surface area contributed by atoms with Crippen molar-refractivity contribution in [3.63, 3.8) is 0 Å². The number of methoxy groups -OCH3 is 1. The van der Waals surface area contributed by atoms with E-state index >= 15 is 0 Å². The van der Waals surface area contributed by atoms with Crippen molar-refractivity contribution in [2.24, 2.45) is 4.99 Å².